The molecule has 1 fully saturated rings. The normalized spacial score (nSPS) is 16.8. The highest BCUT2D eigenvalue weighted by Gasteiger charge is 2.23. The van der Waals surface area contributed by atoms with Crippen LogP contribution in [0.4, 0.5) is 0 Å². The lowest BCUT2D eigenvalue weighted by atomic mass is 9.98. The zero-order valence-electron chi connectivity index (χ0n) is 15.7. The third kappa shape index (κ3) is 7.79. The summed E-state index contributed by atoms with van der Waals surface area (Å²) in [7, 11) is 0. The molecule has 1 unspecified atom stereocenters. The van der Waals surface area contributed by atoms with E-state index >= 15 is 0 Å². The van der Waals surface area contributed by atoms with Gasteiger partial charge >= 0.3 is 0 Å². The number of carbonyl (C=O) groups excluding carboxylic acids is 1. The third-order valence-electron chi connectivity index (χ3n) is 4.12. The van der Waals surface area contributed by atoms with Crippen molar-refractivity contribution in [1.29, 1.82) is 0 Å². The van der Waals surface area contributed by atoms with E-state index in [0.29, 0.717) is 6.42 Å². The van der Waals surface area contributed by atoms with Crippen molar-refractivity contribution < 1.29 is 4.79 Å². The highest BCUT2D eigenvalue weighted by molar-refractivity contribution is 7.09. The van der Waals surface area contributed by atoms with Crippen molar-refractivity contribution in [3.8, 4) is 0 Å². The predicted molar refractivity (Wildman–Crippen MR) is 110 cm³/mol. The van der Waals surface area contributed by atoms with Gasteiger partial charge in [-0.25, -0.2) is 4.98 Å². The maximum atomic E-state index is 12.1. The Morgan fingerprint density at radius 3 is 2.36 bits per heavy atom. The van der Waals surface area contributed by atoms with Gasteiger partial charge in [-0.15, -0.1) is 36.2 Å². The van der Waals surface area contributed by atoms with Crippen LogP contribution in [0, 0.1) is 0 Å². The lowest BCUT2D eigenvalue weighted by Gasteiger charge is -2.34. The summed E-state index contributed by atoms with van der Waals surface area (Å²) in [5, 5.41) is 3.36. The quantitative estimate of drug-likeness (QED) is 0.809. The maximum absolute atomic E-state index is 12.1. The van der Waals surface area contributed by atoms with Gasteiger partial charge in [0.15, 0.2) is 0 Å². The SMILES string of the molecule is CC(N)CCC(=O)N1CCN(Cc2csc(C(C)(C)C)n2)CC1.Cl.Cl. The highest BCUT2D eigenvalue weighted by atomic mass is 35.5. The number of hydrogen-bond acceptors (Lipinski definition) is 5. The summed E-state index contributed by atoms with van der Waals surface area (Å²) < 4.78 is 0. The monoisotopic (exact) mass is 410 g/mol. The van der Waals surface area contributed by atoms with Gasteiger partial charge in [-0.2, -0.15) is 0 Å². The van der Waals surface area contributed by atoms with Gasteiger partial charge < -0.3 is 10.6 Å². The van der Waals surface area contributed by atoms with Crippen LogP contribution in [0.5, 0.6) is 0 Å². The van der Waals surface area contributed by atoms with Crippen LogP contribution in [0.2, 0.25) is 0 Å². The van der Waals surface area contributed by atoms with Gasteiger partial charge in [0, 0.05) is 56.0 Å². The van der Waals surface area contributed by atoms with Crippen molar-refractivity contribution in [2.75, 3.05) is 26.2 Å². The average molecular weight is 411 g/mol. The van der Waals surface area contributed by atoms with Gasteiger partial charge in [-0.05, 0) is 13.3 Å². The van der Waals surface area contributed by atoms with Gasteiger partial charge in [0.1, 0.15) is 0 Å². The van der Waals surface area contributed by atoms with Crippen molar-refractivity contribution in [1.82, 2.24) is 14.8 Å². The number of thiazole rings is 1. The second-order valence-electron chi connectivity index (χ2n) is 7.57. The first-order chi connectivity index (χ1) is 10.8. The van der Waals surface area contributed by atoms with Crippen molar-refractivity contribution in [2.45, 2.75) is 58.5 Å². The number of amides is 1. The van der Waals surface area contributed by atoms with Crippen LogP contribution < -0.4 is 5.73 Å². The second kappa shape index (κ2) is 10.7. The van der Waals surface area contributed by atoms with E-state index < -0.39 is 0 Å². The summed E-state index contributed by atoms with van der Waals surface area (Å²) in [5.41, 5.74) is 6.99. The molecule has 1 aliphatic heterocycles. The number of halogens is 2. The largest absolute Gasteiger partial charge is 0.340 e. The molecular formula is C17H32Cl2N4OS. The molecule has 0 bridgehead atoms. The number of nitrogens with zero attached hydrogens (tertiary/aromatic N) is 3. The molecule has 8 heteroatoms. The van der Waals surface area contributed by atoms with E-state index in [4.69, 9.17) is 10.7 Å². The number of rotatable bonds is 5. The van der Waals surface area contributed by atoms with Gasteiger partial charge in [0.25, 0.3) is 0 Å². The first-order valence-corrected chi connectivity index (χ1v) is 9.34. The van der Waals surface area contributed by atoms with E-state index in [0.717, 1.165) is 44.8 Å². The molecule has 5 nitrogen and oxygen atoms in total. The molecule has 0 aliphatic carbocycles. The highest BCUT2D eigenvalue weighted by Crippen LogP contribution is 2.26. The molecule has 1 atom stereocenters. The van der Waals surface area contributed by atoms with Crippen molar-refractivity contribution >= 4 is 42.1 Å². The number of hydrogen-bond donors (Lipinski definition) is 1. The molecule has 1 amide bonds. The molecule has 0 aromatic carbocycles. The van der Waals surface area contributed by atoms with E-state index in [1.165, 1.54) is 5.01 Å². The van der Waals surface area contributed by atoms with E-state index in [9.17, 15) is 4.79 Å². The van der Waals surface area contributed by atoms with E-state index in [1.807, 2.05) is 11.8 Å². The smallest absolute Gasteiger partial charge is 0.222 e. The molecule has 25 heavy (non-hydrogen) atoms. The Balaban J connectivity index is 0.00000288. The Morgan fingerprint density at radius 1 is 1.28 bits per heavy atom. The molecule has 2 N–H and O–H groups in total. The first kappa shape index (κ1) is 24.6. The van der Waals surface area contributed by atoms with Crippen LogP contribution in [0.3, 0.4) is 0 Å². The number of aromatic nitrogens is 1. The summed E-state index contributed by atoms with van der Waals surface area (Å²) >= 11 is 1.75. The Kier molecular flexibility index (Phi) is 10.5. The molecule has 1 saturated heterocycles. The van der Waals surface area contributed by atoms with E-state index in [2.05, 4.69) is 31.1 Å². The lowest BCUT2D eigenvalue weighted by Crippen LogP contribution is -2.48. The molecule has 1 aromatic rings. The zero-order valence-corrected chi connectivity index (χ0v) is 18.1. The molecule has 1 aromatic heterocycles. The second-order valence-corrected chi connectivity index (χ2v) is 8.42. The van der Waals surface area contributed by atoms with Gasteiger partial charge in [0.2, 0.25) is 5.91 Å². The molecule has 2 heterocycles. The standard InChI is InChI=1S/C17H30N4OS.2ClH/c1-13(18)5-6-15(22)21-9-7-20(8-10-21)11-14-12-23-16(19-14)17(2,3)4;;/h12-13H,5-11,18H2,1-4H3;2*1H. The van der Waals surface area contributed by atoms with Gasteiger partial charge in [-0.3, -0.25) is 9.69 Å². The average Bonchev–Trinajstić information content (AvgIpc) is 2.94. The van der Waals surface area contributed by atoms with Crippen LogP contribution in [0.15, 0.2) is 5.38 Å². The molecule has 0 spiro atoms. The van der Waals surface area contributed by atoms with Crippen molar-refractivity contribution in [3.63, 3.8) is 0 Å². The number of carbonyl (C=O) groups is 1. The van der Waals surface area contributed by atoms with Crippen LogP contribution in [-0.2, 0) is 16.8 Å². The molecule has 0 radical (unpaired) electrons. The summed E-state index contributed by atoms with van der Waals surface area (Å²) in [6.07, 6.45) is 1.34. The fourth-order valence-electron chi connectivity index (χ4n) is 2.62. The van der Waals surface area contributed by atoms with Crippen LogP contribution in [0.25, 0.3) is 0 Å². The summed E-state index contributed by atoms with van der Waals surface area (Å²) in [6, 6.07) is 0.0990. The lowest BCUT2D eigenvalue weighted by molar-refractivity contribution is -0.133. The third-order valence-corrected chi connectivity index (χ3v) is 5.43. The molecule has 146 valence electrons. The van der Waals surface area contributed by atoms with Crippen molar-refractivity contribution in [2.24, 2.45) is 5.73 Å². The Hall–Kier alpha value is -0.400. The number of piperazine rings is 1. The fraction of sp³-hybridized carbons (Fsp3) is 0.765. The van der Waals surface area contributed by atoms with Crippen LogP contribution >= 0.6 is 36.2 Å². The minimum absolute atomic E-state index is 0. The molecule has 1 aliphatic rings. The van der Waals surface area contributed by atoms with E-state index in [1.54, 1.807) is 11.3 Å². The summed E-state index contributed by atoms with van der Waals surface area (Å²) in [4.78, 5) is 21.2. The summed E-state index contributed by atoms with van der Waals surface area (Å²) in [5.74, 6) is 0.241. The molecule has 2 rings (SSSR count). The first-order valence-electron chi connectivity index (χ1n) is 8.46. The molecular weight excluding hydrogens is 379 g/mol. The number of nitrogens with two attached hydrogens (primary N) is 1. The van der Waals surface area contributed by atoms with Crippen LogP contribution in [-0.4, -0.2) is 52.9 Å². The van der Waals surface area contributed by atoms with Crippen molar-refractivity contribution in [3.05, 3.63) is 16.1 Å². The minimum Gasteiger partial charge on any atom is -0.340 e. The minimum atomic E-state index is 0. The zero-order chi connectivity index (χ0) is 17.0. The fourth-order valence-corrected chi connectivity index (χ4v) is 3.52. The van der Waals surface area contributed by atoms with Crippen LogP contribution in [0.1, 0.15) is 51.2 Å². The molecule has 0 saturated carbocycles. The predicted octanol–water partition coefficient (Wildman–Crippen LogP) is 3.06. The topological polar surface area (TPSA) is 62.5 Å². The van der Waals surface area contributed by atoms with Gasteiger partial charge in [0.05, 0.1) is 10.7 Å². The Bertz CT molecular complexity index is 523. The maximum Gasteiger partial charge on any atom is 0.222 e. The van der Waals surface area contributed by atoms with Gasteiger partial charge in [-0.1, -0.05) is 20.8 Å². The Morgan fingerprint density at radius 2 is 1.88 bits per heavy atom. The Labute approximate surface area is 168 Å². The van der Waals surface area contributed by atoms with E-state index in [-0.39, 0.29) is 42.2 Å². The summed E-state index contributed by atoms with van der Waals surface area (Å²) in [6.45, 7) is 12.9.